The summed E-state index contributed by atoms with van der Waals surface area (Å²) < 4.78 is 16.1. The van der Waals surface area contributed by atoms with E-state index in [1.165, 1.54) is 17.8 Å². The topological polar surface area (TPSA) is 17.0 Å². The molecule has 0 saturated carbocycles. The number of benzene rings is 1. The molecule has 17 heavy (non-hydrogen) atoms. The number of aromatic nitrogens is 1. The van der Waals surface area contributed by atoms with E-state index in [0.717, 1.165) is 16.7 Å². The van der Waals surface area contributed by atoms with Crippen molar-refractivity contribution in [3.8, 4) is 0 Å². The van der Waals surface area contributed by atoms with Crippen molar-refractivity contribution in [2.75, 3.05) is 5.32 Å². The Bertz CT molecular complexity index is 508. The van der Waals surface area contributed by atoms with Crippen molar-refractivity contribution in [3.05, 3.63) is 52.5 Å². The third kappa shape index (κ3) is 2.88. The van der Waals surface area contributed by atoms with E-state index in [-0.39, 0.29) is 5.82 Å². The molecule has 0 atom stereocenters. The number of hydrogen-bond acceptors (Lipinski definition) is 1. The summed E-state index contributed by atoms with van der Waals surface area (Å²) in [6.45, 7) is 3.72. The monoisotopic (exact) mass is 296 g/mol. The van der Waals surface area contributed by atoms with Crippen molar-refractivity contribution in [1.29, 1.82) is 0 Å². The van der Waals surface area contributed by atoms with Crippen LogP contribution in [0.15, 0.2) is 41.0 Å². The van der Waals surface area contributed by atoms with Crippen LogP contribution in [0.1, 0.15) is 12.6 Å². The number of rotatable bonds is 4. The van der Waals surface area contributed by atoms with Gasteiger partial charge < -0.3 is 9.88 Å². The highest BCUT2D eigenvalue weighted by Gasteiger charge is 2.03. The molecule has 0 aliphatic rings. The summed E-state index contributed by atoms with van der Waals surface area (Å²) in [4.78, 5) is 0. The molecule has 0 spiro atoms. The molecule has 0 saturated heterocycles. The zero-order valence-electron chi connectivity index (χ0n) is 9.58. The lowest BCUT2D eigenvalue weighted by molar-refractivity contribution is 0.628. The standard InChI is InChI=1S/C13H14BrFN2/c1-2-17-7-3-4-11(17)9-16-13-8-10(15)5-6-12(13)14/h3-8,16H,2,9H2,1H3. The van der Waals surface area contributed by atoms with Gasteiger partial charge in [0.2, 0.25) is 0 Å². The van der Waals surface area contributed by atoms with Crippen molar-refractivity contribution < 1.29 is 4.39 Å². The Hall–Kier alpha value is -1.29. The van der Waals surface area contributed by atoms with Gasteiger partial charge in [-0.3, -0.25) is 0 Å². The van der Waals surface area contributed by atoms with E-state index < -0.39 is 0 Å². The lowest BCUT2D eigenvalue weighted by Gasteiger charge is -2.10. The first-order valence-electron chi connectivity index (χ1n) is 5.53. The predicted octanol–water partition coefficient (Wildman–Crippen LogP) is 4.02. The smallest absolute Gasteiger partial charge is 0.125 e. The summed E-state index contributed by atoms with van der Waals surface area (Å²) in [7, 11) is 0. The number of aryl methyl sites for hydroxylation is 1. The van der Waals surface area contributed by atoms with E-state index in [0.29, 0.717) is 6.54 Å². The molecule has 2 aromatic rings. The summed E-state index contributed by atoms with van der Waals surface area (Å²) in [6.07, 6.45) is 2.04. The highest BCUT2D eigenvalue weighted by atomic mass is 79.9. The summed E-state index contributed by atoms with van der Waals surface area (Å²) in [5.41, 5.74) is 1.96. The lowest BCUT2D eigenvalue weighted by Crippen LogP contribution is -2.06. The second kappa shape index (κ2) is 5.36. The second-order valence-electron chi connectivity index (χ2n) is 3.76. The van der Waals surface area contributed by atoms with Gasteiger partial charge in [0.15, 0.2) is 0 Å². The van der Waals surface area contributed by atoms with Crippen LogP contribution in [0, 0.1) is 5.82 Å². The predicted molar refractivity (Wildman–Crippen MR) is 71.5 cm³/mol. The molecule has 1 N–H and O–H groups in total. The quantitative estimate of drug-likeness (QED) is 0.902. The second-order valence-corrected chi connectivity index (χ2v) is 4.62. The van der Waals surface area contributed by atoms with Crippen molar-refractivity contribution in [1.82, 2.24) is 4.57 Å². The highest BCUT2D eigenvalue weighted by molar-refractivity contribution is 9.10. The molecule has 0 aliphatic heterocycles. The molecule has 0 aliphatic carbocycles. The van der Waals surface area contributed by atoms with Crippen LogP contribution in [0.3, 0.4) is 0 Å². The van der Waals surface area contributed by atoms with Crippen LogP contribution < -0.4 is 5.32 Å². The van der Waals surface area contributed by atoms with E-state index in [4.69, 9.17) is 0 Å². The van der Waals surface area contributed by atoms with Crippen LogP contribution in [0.4, 0.5) is 10.1 Å². The van der Waals surface area contributed by atoms with Crippen molar-refractivity contribution in [3.63, 3.8) is 0 Å². The van der Waals surface area contributed by atoms with Crippen LogP contribution in [0.2, 0.25) is 0 Å². The summed E-state index contributed by atoms with van der Waals surface area (Å²) in [5, 5.41) is 3.22. The zero-order valence-corrected chi connectivity index (χ0v) is 11.2. The van der Waals surface area contributed by atoms with Gasteiger partial charge in [0.1, 0.15) is 5.82 Å². The number of hydrogen-bond donors (Lipinski definition) is 1. The Balaban J connectivity index is 2.09. The van der Waals surface area contributed by atoms with Gasteiger partial charge in [0.05, 0.1) is 12.2 Å². The average Bonchev–Trinajstić information content (AvgIpc) is 2.77. The van der Waals surface area contributed by atoms with Crippen LogP contribution in [-0.2, 0) is 13.1 Å². The minimum Gasteiger partial charge on any atom is -0.378 e. The Kier molecular flexibility index (Phi) is 3.84. The normalized spacial score (nSPS) is 10.5. The maximum absolute atomic E-state index is 13.1. The first kappa shape index (κ1) is 12.2. The first-order chi connectivity index (χ1) is 8.20. The molecule has 0 bridgehead atoms. The van der Waals surface area contributed by atoms with Gasteiger partial charge >= 0.3 is 0 Å². The molecule has 1 heterocycles. The molecular formula is C13H14BrFN2. The summed E-state index contributed by atoms with van der Waals surface area (Å²) >= 11 is 3.39. The van der Waals surface area contributed by atoms with Crippen LogP contribution >= 0.6 is 15.9 Å². The third-order valence-corrected chi connectivity index (χ3v) is 3.34. The van der Waals surface area contributed by atoms with Gasteiger partial charge in [-0.05, 0) is 53.2 Å². The number of anilines is 1. The largest absolute Gasteiger partial charge is 0.378 e. The van der Waals surface area contributed by atoms with Crippen LogP contribution in [-0.4, -0.2) is 4.57 Å². The molecule has 0 fully saturated rings. The Morgan fingerprint density at radius 3 is 2.94 bits per heavy atom. The molecule has 1 aromatic carbocycles. The summed E-state index contributed by atoms with van der Waals surface area (Å²) in [6, 6.07) is 8.70. The van der Waals surface area contributed by atoms with Gasteiger partial charge in [-0.2, -0.15) is 0 Å². The van der Waals surface area contributed by atoms with Crippen molar-refractivity contribution in [2.45, 2.75) is 20.0 Å². The molecular weight excluding hydrogens is 283 g/mol. The SMILES string of the molecule is CCn1cccc1CNc1cc(F)ccc1Br. The molecule has 2 nitrogen and oxygen atoms in total. The molecule has 0 amide bonds. The van der Waals surface area contributed by atoms with Crippen molar-refractivity contribution >= 4 is 21.6 Å². The van der Waals surface area contributed by atoms with Gasteiger partial charge in [0, 0.05) is 22.9 Å². The molecule has 1 aromatic heterocycles. The van der Waals surface area contributed by atoms with Gasteiger partial charge in [-0.1, -0.05) is 0 Å². The van der Waals surface area contributed by atoms with Crippen LogP contribution in [0.25, 0.3) is 0 Å². The maximum atomic E-state index is 13.1. The molecule has 0 unspecified atom stereocenters. The highest BCUT2D eigenvalue weighted by Crippen LogP contribution is 2.23. The minimum atomic E-state index is -0.235. The molecule has 4 heteroatoms. The fourth-order valence-electron chi connectivity index (χ4n) is 1.74. The van der Waals surface area contributed by atoms with Gasteiger partial charge in [-0.25, -0.2) is 4.39 Å². The molecule has 90 valence electrons. The molecule has 2 rings (SSSR count). The average molecular weight is 297 g/mol. The Morgan fingerprint density at radius 1 is 1.35 bits per heavy atom. The van der Waals surface area contributed by atoms with E-state index >= 15 is 0 Å². The van der Waals surface area contributed by atoms with Crippen LogP contribution in [0.5, 0.6) is 0 Å². The van der Waals surface area contributed by atoms with E-state index in [1.54, 1.807) is 6.07 Å². The fraction of sp³-hybridized carbons (Fsp3) is 0.231. The Morgan fingerprint density at radius 2 is 2.18 bits per heavy atom. The number of nitrogens with one attached hydrogen (secondary N) is 1. The molecule has 0 radical (unpaired) electrons. The van der Waals surface area contributed by atoms with E-state index in [2.05, 4.69) is 38.8 Å². The fourth-order valence-corrected chi connectivity index (χ4v) is 2.12. The van der Waals surface area contributed by atoms with Gasteiger partial charge in [0.25, 0.3) is 0 Å². The third-order valence-electron chi connectivity index (χ3n) is 2.65. The van der Waals surface area contributed by atoms with Crippen molar-refractivity contribution in [2.24, 2.45) is 0 Å². The number of halogens is 2. The van der Waals surface area contributed by atoms with E-state index in [9.17, 15) is 4.39 Å². The first-order valence-corrected chi connectivity index (χ1v) is 6.33. The van der Waals surface area contributed by atoms with Gasteiger partial charge in [-0.15, -0.1) is 0 Å². The van der Waals surface area contributed by atoms with E-state index in [1.807, 2.05) is 12.3 Å². The number of nitrogens with zero attached hydrogens (tertiary/aromatic N) is 1. The maximum Gasteiger partial charge on any atom is 0.125 e. The summed E-state index contributed by atoms with van der Waals surface area (Å²) in [5.74, 6) is -0.235. The minimum absolute atomic E-state index is 0.235. The lowest BCUT2D eigenvalue weighted by atomic mass is 10.3. The Labute approximate surface area is 109 Å². The zero-order chi connectivity index (χ0) is 12.3.